The van der Waals surface area contributed by atoms with E-state index in [2.05, 4.69) is 31.6 Å². The summed E-state index contributed by atoms with van der Waals surface area (Å²) in [6.07, 6.45) is 1.69. The minimum Gasteiger partial charge on any atom is -0.377 e. The molecule has 0 bridgehead atoms. The van der Waals surface area contributed by atoms with E-state index in [0.717, 1.165) is 12.1 Å². The molecule has 2 aromatic rings. The lowest BCUT2D eigenvalue weighted by Gasteiger charge is -2.06. The van der Waals surface area contributed by atoms with Gasteiger partial charge in [-0.05, 0) is 22.0 Å². The van der Waals surface area contributed by atoms with Gasteiger partial charge in [0.2, 0.25) is 0 Å². The molecule has 4 nitrogen and oxygen atoms in total. The number of rotatable bonds is 3. The van der Waals surface area contributed by atoms with Crippen molar-refractivity contribution >= 4 is 21.6 Å². The summed E-state index contributed by atoms with van der Waals surface area (Å²) in [6.45, 7) is 0.284. The Hall–Kier alpha value is -1.50. The lowest BCUT2D eigenvalue weighted by Crippen LogP contribution is -2.02. The van der Waals surface area contributed by atoms with Crippen molar-refractivity contribution in [3.63, 3.8) is 0 Å². The van der Waals surface area contributed by atoms with Crippen molar-refractivity contribution in [3.05, 3.63) is 40.1 Å². The molecule has 0 unspecified atom stereocenters. The van der Waals surface area contributed by atoms with Crippen LogP contribution in [0.4, 0.5) is 14.5 Å². The molecule has 0 radical (unpaired) electrons. The highest BCUT2D eigenvalue weighted by Gasteiger charge is 2.08. The molecular weight excluding hydrogens is 294 g/mol. The highest BCUT2D eigenvalue weighted by atomic mass is 79.9. The van der Waals surface area contributed by atoms with E-state index in [4.69, 9.17) is 0 Å². The van der Waals surface area contributed by atoms with Gasteiger partial charge in [0.25, 0.3) is 0 Å². The zero-order valence-electron chi connectivity index (χ0n) is 8.91. The van der Waals surface area contributed by atoms with Gasteiger partial charge in [-0.2, -0.15) is 0 Å². The molecule has 0 aliphatic rings. The second-order valence-electron chi connectivity index (χ2n) is 3.48. The van der Waals surface area contributed by atoms with Crippen molar-refractivity contribution in [2.75, 3.05) is 5.32 Å². The zero-order valence-corrected chi connectivity index (χ0v) is 10.5. The molecule has 90 valence electrons. The van der Waals surface area contributed by atoms with Crippen LogP contribution in [-0.2, 0) is 13.6 Å². The number of benzene rings is 1. The Kier molecular flexibility index (Phi) is 3.37. The zero-order chi connectivity index (χ0) is 12.4. The molecule has 7 heteroatoms. The van der Waals surface area contributed by atoms with Crippen molar-refractivity contribution in [1.82, 2.24) is 15.0 Å². The molecule has 1 heterocycles. The second kappa shape index (κ2) is 4.79. The largest absolute Gasteiger partial charge is 0.377 e. The Bertz CT molecular complexity index is 541. The van der Waals surface area contributed by atoms with E-state index in [9.17, 15) is 8.78 Å². The highest BCUT2D eigenvalue weighted by molar-refractivity contribution is 9.10. The molecule has 0 saturated heterocycles. The van der Waals surface area contributed by atoms with E-state index in [1.165, 1.54) is 4.68 Å². The number of hydrogen-bond acceptors (Lipinski definition) is 3. The van der Waals surface area contributed by atoms with E-state index >= 15 is 0 Å². The normalized spacial score (nSPS) is 10.6. The van der Waals surface area contributed by atoms with Gasteiger partial charge in [-0.1, -0.05) is 5.21 Å². The number of halogens is 3. The highest BCUT2D eigenvalue weighted by Crippen LogP contribution is 2.23. The van der Waals surface area contributed by atoms with Crippen molar-refractivity contribution in [1.29, 1.82) is 0 Å². The van der Waals surface area contributed by atoms with E-state index in [-0.39, 0.29) is 16.7 Å². The van der Waals surface area contributed by atoms with Gasteiger partial charge in [-0.15, -0.1) is 5.10 Å². The Morgan fingerprint density at radius 1 is 1.35 bits per heavy atom. The quantitative estimate of drug-likeness (QED) is 0.886. The Labute approximate surface area is 105 Å². The molecule has 0 spiro atoms. The van der Waals surface area contributed by atoms with E-state index < -0.39 is 11.6 Å². The standard InChI is InChI=1S/C10H9BrF2N4/c1-17-5-6(15-16-17)4-14-10-3-8(12)7(11)2-9(10)13/h2-3,5,14H,4H2,1H3. The van der Waals surface area contributed by atoms with Crippen LogP contribution >= 0.6 is 15.9 Å². The predicted octanol–water partition coefficient (Wildman–Crippen LogP) is 2.47. The van der Waals surface area contributed by atoms with Gasteiger partial charge >= 0.3 is 0 Å². The maximum absolute atomic E-state index is 13.4. The number of anilines is 1. The molecule has 1 aromatic carbocycles. The fraction of sp³-hybridized carbons (Fsp3) is 0.200. The average molecular weight is 303 g/mol. The van der Waals surface area contributed by atoms with Crippen LogP contribution < -0.4 is 5.32 Å². The summed E-state index contributed by atoms with van der Waals surface area (Å²) in [4.78, 5) is 0. The van der Waals surface area contributed by atoms with E-state index in [1.54, 1.807) is 13.2 Å². The molecule has 0 fully saturated rings. The fourth-order valence-corrected chi connectivity index (χ4v) is 1.64. The lowest BCUT2D eigenvalue weighted by molar-refractivity contribution is 0.596. The third kappa shape index (κ3) is 2.79. The SMILES string of the molecule is Cn1cc(CNc2cc(F)c(Br)cc2F)nn1. The van der Waals surface area contributed by atoms with Crippen molar-refractivity contribution in [2.45, 2.75) is 6.54 Å². The van der Waals surface area contributed by atoms with Crippen molar-refractivity contribution in [2.24, 2.45) is 7.05 Å². The minimum atomic E-state index is -0.526. The van der Waals surface area contributed by atoms with Crippen LogP contribution in [0.15, 0.2) is 22.8 Å². The third-order valence-electron chi connectivity index (χ3n) is 2.12. The maximum atomic E-state index is 13.4. The first kappa shape index (κ1) is 12.0. The topological polar surface area (TPSA) is 42.7 Å². The van der Waals surface area contributed by atoms with Crippen LogP contribution in [0, 0.1) is 11.6 Å². The smallest absolute Gasteiger partial charge is 0.147 e. The molecule has 0 saturated carbocycles. The van der Waals surface area contributed by atoms with Crippen molar-refractivity contribution < 1.29 is 8.78 Å². The average Bonchev–Trinajstić information content (AvgIpc) is 2.68. The summed E-state index contributed by atoms with van der Waals surface area (Å²) in [6, 6.07) is 2.17. The van der Waals surface area contributed by atoms with Gasteiger partial charge in [0, 0.05) is 19.3 Å². The molecule has 0 amide bonds. The molecule has 1 N–H and O–H groups in total. The summed E-state index contributed by atoms with van der Waals surface area (Å²) < 4.78 is 28.3. The molecule has 1 aromatic heterocycles. The molecular formula is C10H9BrF2N4. The van der Waals surface area contributed by atoms with Crippen LogP contribution in [0.1, 0.15) is 5.69 Å². The van der Waals surface area contributed by atoms with Crippen LogP contribution in [-0.4, -0.2) is 15.0 Å². The van der Waals surface area contributed by atoms with E-state index in [0.29, 0.717) is 5.69 Å². The Morgan fingerprint density at radius 3 is 2.76 bits per heavy atom. The molecule has 0 atom stereocenters. The Morgan fingerprint density at radius 2 is 2.12 bits per heavy atom. The molecule has 0 aliphatic heterocycles. The molecule has 17 heavy (non-hydrogen) atoms. The first-order valence-electron chi connectivity index (χ1n) is 4.80. The number of nitrogens with zero attached hydrogens (tertiary/aromatic N) is 3. The fourth-order valence-electron chi connectivity index (χ4n) is 1.32. The summed E-state index contributed by atoms with van der Waals surface area (Å²) in [5, 5.41) is 10.3. The van der Waals surface area contributed by atoms with Gasteiger partial charge in [-0.3, -0.25) is 4.68 Å². The number of aryl methyl sites for hydroxylation is 1. The summed E-state index contributed by atoms with van der Waals surface area (Å²) in [7, 11) is 1.73. The number of hydrogen-bond donors (Lipinski definition) is 1. The van der Waals surface area contributed by atoms with Gasteiger partial charge in [0.05, 0.1) is 16.7 Å². The first-order valence-corrected chi connectivity index (χ1v) is 5.59. The first-order chi connectivity index (χ1) is 8.06. The summed E-state index contributed by atoms with van der Waals surface area (Å²) in [5.74, 6) is -1.05. The number of nitrogens with one attached hydrogen (secondary N) is 1. The second-order valence-corrected chi connectivity index (χ2v) is 4.34. The molecule has 2 rings (SSSR count). The maximum Gasteiger partial charge on any atom is 0.147 e. The number of aromatic nitrogens is 3. The van der Waals surface area contributed by atoms with Gasteiger partial charge in [0.15, 0.2) is 0 Å². The van der Waals surface area contributed by atoms with Gasteiger partial charge < -0.3 is 5.32 Å². The third-order valence-corrected chi connectivity index (χ3v) is 2.73. The van der Waals surface area contributed by atoms with Gasteiger partial charge in [0.1, 0.15) is 17.3 Å². The van der Waals surface area contributed by atoms with Gasteiger partial charge in [-0.25, -0.2) is 8.78 Å². The van der Waals surface area contributed by atoms with Crippen LogP contribution in [0.25, 0.3) is 0 Å². The lowest BCUT2D eigenvalue weighted by atomic mass is 10.3. The van der Waals surface area contributed by atoms with Crippen molar-refractivity contribution in [3.8, 4) is 0 Å². The monoisotopic (exact) mass is 302 g/mol. The van der Waals surface area contributed by atoms with Crippen LogP contribution in [0.5, 0.6) is 0 Å². The molecule has 0 aliphatic carbocycles. The van der Waals surface area contributed by atoms with E-state index in [1.807, 2.05) is 0 Å². The summed E-state index contributed by atoms with van der Waals surface area (Å²) in [5.41, 5.74) is 0.742. The van der Waals surface area contributed by atoms with Crippen LogP contribution in [0.3, 0.4) is 0 Å². The summed E-state index contributed by atoms with van der Waals surface area (Å²) >= 11 is 2.91. The van der Waals surface area contributed by atoms with Crippen LogP contribution in [0.2, 0.25) is 0 Å². The predicted molar refractivity (Wildman–Crippen MR) is 62.4 cm³/mol. The Balaban J connectivity index is 2.11. The minimum absolute atomic E-state index is 0.0938.